The van der Waals surface area contributed by atoms with E-state index in [0.29, 0.717) is 5.46 Å². The zero-order valence-corrected chi connectivity index (χ0v) is 11.9. The monoisotopic (exact) mass is 287 g/mol. The standard InChI is InChI=1S/C13H17BF3NO2/c1-11(2)12(3,4)20-14(19-11)10-5-9(6-18-7-10)13(16,17)8-15/h5-7H,8H2,1-4H3. The quantitative estimate of drug-likeness (QED) is 0.800. The lowest BCUT2D eigenvalue weighted by molar-refractivity contribution is -0.0283. The summed E-state index contributed by atoms with van der Waals surface area (Å²) in [5.41, 5.74) is -1.27. The van der Waals surface area contributed by atoms with Gasteiger partial charge >= 0.3 is 13.0 Å². The highest BCUT2D eigenvalue weighted by molar-refractivity contribution is 6.62. The van der Waals surface area contributed by atoms with E-state index in [1.807, 2.05) is 27.7 Å². The first-order valence-electron chi connectivity index (χ1n) is 6.34. The average Bonchev–Trinajstić information content (AvgIpc) is 2.59. The molecule has 110 valence electrons. The summed E-state index contributed by atoms with van der Waals surface area (Å²) in [6.45, 7) is 5.68. The van der Waals surface area contributed by atoms with Crippen LogP contribution in [-0.2, 0) is 15.2 Å². The molecule has 1 aliphatic heterocycles. The minimum Gasteiger partial charge on any atom is -0.399 e. The minimum absolute atomic E-state index is 0.356. The first-order chi connectivity index (χ1) is 9.09. The van der Waals surface area contributed by atoms with E-state index in [0.717, 1.165) is 6.20 Å². The average molecular weight is 287 g/mol. The molecule has 0 bridgehead atoms. The van der Waals surface area contributed by atoms with Gasteiger partial charge in [-0.2, -0.15) is 8.78 Å². The lowest BCUT2D eigenvalue weighted by Crippen LogP contribution is -2.41. The van der Waals surface area contributed by atoms with Gasteiger partial charge < -0.3 is 9.31 Å². The number of alkyl halides is 3. The molecule has 1 fully saturated rings. The smallest absolute Gasteiger partial charge is 0.399 e. The molecule has 0 saturated carbocycles. The molecule has 2 rings (SSSR count). The molecule has 0 amide bonds. The summed E-state index contributed by atoms with van der Waals surface area (Å²) in [4.78, 5) is 3.73. The molecule has 0 spiro atoms. The van der Waals surface area contributed by atoms with E-state index < -0.39 is 36.5 Å². The predicted molar refractivity (Wildman–Crippen MR) is 69.8 cm³/mol. The molecule has 0 N–H and O–H groups in total. The zero-order chi connectivity index (χ0) is 15.2. The van der Waals surface area contributed by atoms with Gasteiger partial charge in [0.05, 0.1) is 11.2 Å². The fourth-order valence-electron chi connectivity index (χ4n) is 1.84. The maximum absolute atomic E-state index is 13.4. The highest BCUT2D eigenvalue weighted by Gasteiger charge is 2.52. The highest BCUT2D eigenvalue weighted by Crippen LogP contribution is 2.36. The molecule has 20 heavy (non-hydrogen) atoms. The Labute approximate surface area is 116 Å². The molecule has 3 nitrogen and oxygen atoms in total. The SMILES string of the molecule is CC1(C)OB(c2cncc(C(F)(F)CF)c2)OC1(C)C. The predicted octanol–water partition coefficient (Wildman–Crippen LogP) is 2.44. The van der Waals surface area contributed by atoms with Crippen molar-refractivity contribution in [3.05, 3.63) is 24.0 Å². The molecule has 0 unspecified atom stereocenters. The molecule has 1 aromatic rings. The Morgan fingerprint density at radius 2 is 1.70 bits per heavy atom. The number of halogens is 3. The van der Waals surface area contributed by atoms with Crippen LogP contribution in [0.4, 0.5) is 13.2 Å². The van der Waals surface area contributed by atoms with Gasteiger partial charge in [0.1, 0.15) is 0 Å². The Hall–Kier alpha value is -1.08. The van der Waals surface area contributed by atoms with Crippen molar-refractivity contribution >= 4 is 12.6 Å². The summed E-state index contributed by atoms with van der Waals surface area (Å²) in [6, 6.07) is 1.18. The van der Waals surface area contributed by atoms with Gasteiger partial charge in [0.15, 0.2) is 6.67 Å². The van der Waals surface area contributed by atoms with E-state index in [4.69, 9.17) is 9.31 Å². The second kappa shape index (κ2) is 4.74. The van der Waals surface area contributed by atoms with Crippen LogP contribution in [-0.4, -0.2) is 30.0 Å². The second-order valence-electron chi connectivity index (χ2n) is 5.93. The van der Waals surface area contributed by atoms with Crippen molar-refractivity contribution in [1.29, 1.82) is 0 Å². The Morgan fingerprint density at radius 1 is 1.15 bits per heavy atom. The molecule has 1 aromatic heterocycles. The first kappa shape index (κ1) is 15.3. The molecule has 0 aromatic carbocycles. The van der Waals surface area contributed by atoms with Crippen molar-refractivity contribution in [3.8, 4) is 0 Å². The van der Waals surface area contributed by atoms with E-state index in [-0.39, 0.29) is 0 Å². The molecule has 0 radical (unpaired) electrons. The third-order valence-corrected chi connectivity index (χ3v) is 3.87. The molecule has 1 aliphatic rings. The zero-order valence-electron chi connectivity index (χ0n) is 11.9. The van der Waals surface area contributed by atoms with Gasteiger partial charge in [0.2, 0.25) is 0 Å². The van der Waals surface area contributed by atoms with Gasteiger partial charge in [-0.25, -0.2) is 4.39 Å². The van der Waals surface area contributed by atoms with E-state index in [1.165, 1.54) is 12.3 Å². The van der Waals surface area contributed by atoms with Crippen LogP contribution in [0.25, 0.3) is 0 Å². The van der Waals surface area contributed by atoms with Crippen molar-refractivity contribution in [2.45, 2.75) is 44.8 Å². The third kappa shape index (κ3) is 2.56. The summed E-state index contributed by atoms with van der Waals surface area (Å²) < 4.78 is 50.6. The normalized spacial score (nSPS) is 21.2. The fraction of sp³-hybridized carbons (Fsp3) is 0.615. The maximum atomic E-state index is 13.4. The summed E-state index contributed by atoms with van der Waals surface area (Å²) in [7, 11) is -0.789. The molecular weight excluding hydrogens is 270 g/mol. The van der Waals surface area contributed by atoms with Crippen molar-refractivity contribution in [3.63, 3.8) is 0 Å². The molecule has 0 aliphatic carbocycles. The molecular formula is C13H17BF3NO2. The summed E-state index contributed by atoms with van der Waals surface area (Å²) in [5.74, 6) is -3.55. The number of nitrogens with zero attached hydrogens (tertiary/aromatic N) is 1. The van der Waals surface area contributed by atoms with Crippen molar-refractivity contribution < 1.29 is 22.5 Å². The molecule has 0 atom stereocenters. The summed E-state index contributed by atoms with van der Waals surface area (Å²) >= 11 is 0. The van der Waals surface area contributed by atoms with Crippen molar-refractivity contribution in [2.75, 3.05) is 6.67 Å². The van der Waals surface area contributed by atoms with Crippen LogP contribution in [0.1, 0.15) is 33.3 Å². The topological polar surface area (TPSA) is 31.4 Å². The van der Waals surface area contributed by atoms with Gasteiger partial charge in [-0.15, -0.1) is 0 Å². The van der Waals surface area contributed by atoms with Crippen LogP contribution in [0.3, 0.4) is 0 Å². The largest absolute Gasteiger partial charge is 0.496 e. The fourth-order valence-corrected chi connectivity index (χ4v) is 1.84. The Kier molecular flexibility index (Phi) is 3.63. The molecule has 1 saturated heterocycles. The van der Waals surface area contributed by atoms with E-state index >= 15 is 0 Å². The van der Waals surface area contributed by atoms with Crippen molar-refractivity contribution in [1.82, 2.24) is 4.98 Å². The van der Waals surface area contributed by atoms with Gasteiger partial charge in [-0.1, -0.05) is 6.07 Å². The number of pyridine rings is 1. The lowest BCUT2D eigenvalue weighted by atomic mass is 9.79. The van der Waals surface area contributed by atoms with E-state index in [1.54, 1.807) is 0 Å². The van der Waals surface area contributed by atoms with Crippen LogP contribution in [0.15, 0.2) is 18.5 Å². The molecule has 7 heteroatoms. The Bertz CT molecular complexity index is 492. The minimum atomic E-state index is -3.55. The summed E-state index contributed by atoms with van der Waals surface area (Å²) in [5, 5.41) is 0. The van der Waals surface area contributed by atoms with Crippen LogP contribution >= 0.6 is 0 Å². The Balaban J connectivity index is 2.30. The maximum Gasteiger partial charge on any atom is 0.496 e. The van der Waals surface area contributed by atoms with Crippen LogP contribution < -0.4 is 5.46 Å². The van der Waals surface area contributed by atoms with Gasteiger partial charge in [-0.05, 0) is 27.7 Å². The first-order valence-corrected chi connectivity index (χ1v) is 6.34. The van der Waals surface area contributed by atoms with Gasteiger partial charge in [0, 0.05) is 23.4 Å². The van der Waals surface area contributed by atoms with E-state index in [2.05, 4.69) is 4.98 Å². The van der Waals surface area contributed by atoms with E-state index in [9.17, 15) is 13.2 Å². The Morgan fingerprint density at radius 3 is 2.20 bits per heavy atom. The van der Waals surface area contributed by atoms with Crippen LogP contribution in [0.5, 0.6) is 0 Å². The van der Waals surface area contributed by atoms with Crippen LogP contribution in [0.2, 0.25) is 0 Å². The lowest BCUT2D eigenvalue weighted by Gasteiger charge is -2.32. The number of rotatable bonds is 3. The molecule has 2 heterocycles. The summed E-state index contributed by atoms with van der Waals surface area (Å²) in [6.07, 6.45) is 2.34. The number of aromatic nitrogens is 1. The van der Waals surface area contributed by atoms with Gasteiger partial charge in [-0.3, -0.25) is 4.98 Å². The number of hydrogen-bond donors (Lipinski definition) is 0. The highest BCUT2D eigenvalue weighted by atomic mass is 19.3. The third-order valence-electron chi connectivity index (χ3n) is 3.87. The second-order valence-corrected chi connectivity index (χ2v) is 5.93. The van der Waals surface area contributed by atoms with Crippen molar-refractivity contribution in [2.24, 2.45) is 0 Å². The van der Waals surface area contributed by atoms with Gasteiger partial charge in [0.25, 0.3) is 0 Å². The van der Waals surface area contributed by atoms with Crippen LogP contribution in [0, 0.1) is 0 Å². The number of hydrogen-bond acceptors (Lipinski definition) is 3.